The fourth-order valence-electron chi connectivity index (χ4n) is 2.82. The van der Waals surface area contributed by atoms with Crippen molar-refractivity contribution in [1.29, 1.82) is 0 Å². The van der Waals surface area contributed by atoms with Crippen molar-refractivity contribution in [3.63, 3.8) is 0 Å². The van der Waals surface area contributed by atoms with Gasteiger partial charge in [0.25, 0.3) is 5.92 Å². The highest BCUT2D eigenvalue weighted by Gasteiger charge is 2.42. The van der Waals surface area contributed by atoms with Crippen LogP contribution in [0.1, 0.15) is 12.8 Å². The summed E-state index contributed by atoms with van der Waals surface area (Å²) in [5, 5.41) is 10.1. The van der Waals surface area contributed by atoms with Gasteiger partial charge in [0.15, 0.2) is 0 Å². The van der Waals surface area contributed by atoms with Crippen molar-refractivity contribution in [3.8, 4) is 0 Å². The Morgan fingerprint density at radius 3 is 2.45 bits per heavy atom. The molecular formula is C12H21F2N3O4S. The summed E-state index contributed by atoms with van der Waals surface area (Å²) in [6, 6.07) is -0.377. The third-order valence-corrected chi connectivity index (χ3v) is 4.76. The van der Waals surface area contributed by atoms with E-state index in [4.69, 9.17) is 0 Å². The topological polar surface area (TPSA) is 90.0 Å². The maximum Gasteiger partial charge on any atom is 0.250 e. The van der Waals surface area contributed by atoms with Gasteiger partial charge in [-0.25, -0.2) is 21.9 Å². The second kappa shape index (κ2) is 6.34. The van der Waals surface area contributed by atoms with Gasteiger partial charge in [-0.2, -0.15) is 0 Å². The number of hydrogen-bond donors (Lipinski definition) is 2. The van der Waals surface area contributed by atoms with Crippen molar-refractivity contribution in [2.45, 2.75) is 30.9 Å². The molecule has 0 saturated carbocycles. The van der Waals surface area contributed by atoms with Crippen molar-refractivity contribution in [1.82, 2.24) is 14.5 Å². The lowest BCUT2D eigenvalue weighted by Crippen LogP contribution is -2.49. The summed E-state index contributed by atoms with van der Waals surface area (Å²) in [7, 11) is -3.46. The number of rotatable bonds is 4. The lowest BCUT2D eigenvalue weighted by Gasteiger charge is -2.36. The van der Waals surface area contributed by atoms with Gasteiger partial charge in [0.05, 0.1) is 24.9 Å². The first-order valence-corrected chi connectivity index (χ1v) is 8.99. The quantitative estimate of drug-likeness (QED) is 0.673. The third-order valence-electron chi connectivity index (χ3n) is 4.10. The highest BCUT2D eigenvalue weighted by Crippen LogP contribution is 2.30. The Balaban J connectivity index is 1.88. The second-order valence-electron chi connectivity index (χ2n) is 5.92. The van der Waals surface area contributed by atoms with Gasteiger partial charge in [0.2, 0.25) is 15.9 Å². The number of β-amino-alcohol motifs (C(OH)–C–C–N with tert-alkyl or cyclic N) is 1. The van der Waals surface area contributed by atoms with Gasteiger partial charge in [0.1, 0.15) is 0 Å². The number of piperidine rings is 1. The third kappa shape index (κ3) is 4.58. The van der Waals surface area contributed by atoms with Gasteiger partial charge in [-0.15, -0.1) is 0 Å². The van der Waals surface area contributed by atoms with Crippen LogP contribution in [-0.4, -0.2) is 86.3 Å². The van der Waals surface area contributed by atoms with Crippen molar-refractivity contribution in [2.75, 3.05) is 39.0 Å². The van der Waals surface area contributed by atoms with E-state index >= 15 is 0 Å². The zero-order valence-electron chi connectivity index (χ0n) is 12.3. The summed E-state index contributed by atoms with van der Waals surface area (Å²) >= 11 is 0. The Hall–Kier alpha value is -0.840. The molecule has 2 aliphatic heterocycles. The lowest BCUT2D eigenvalue weighted by atomic mass is 10.0. The zero-order valence-corrected chi connectivity index (χ0v) is 13.2. The highest BCUT2D eigenvalue weighted by molar-refractivity contribution is 7.88. The summed E-state index contributed by atoms with van der Waals surface area (Å²) in [4.78, 5) is 15.1. The highest BCUT2D eigenvalue weighted by atomic mass is 32.2. The molecule has 0 aromatic rings. The number of amides is 1. The minimum atomic E-state index is -3.46. The molecule has 128 valence electrons. The summed E-state index contributed by atoms with van der Waals surface area (Å²) in [6.07, 6.45) is -0.357. The summed E-state index contributed by atoms with van der Waals surface area (Å²) < 4.78 is 50.4. The first-order valence-electron chi connectivity index (χ1n) is 7.10. The molecule has 2 aliphatic rings. The van der Waals surface area contributed by atoms with Crippen LogP contribution in [0.2, 0.25) is 0 Å². The number of likely N-dealkylation sites (tertiary alicyclic amines) is 2. The maximum atomic E-state index is 13.2. The maximum absolute atomic E-state index is 13.2. The Morgan fingerprint density at radius 1 is 1.32 bits per heavy atom. The molecule has 2 atom stereocenters. The Labute approximate surface area is 128 Å². The van der Waals surface area contributed by atoms with E-state index in [1.165, 1.54) is 4.90 Å². The lowest BCUT2D eigenvalue weighted by molar-refractivity contribution is -0.129. The number of carbonyl (C=O) groups excluding carboxylic acids is 1. The van der Waals surface area contributed by atoms with Crippen LogP contribution in [0.4, 0.5) is 8.78 Å². The Morgan fingerprint density at radius 2 is 1.91 bits per heavy atom. The van der Waals surface area contributed by atoms with Gasteiger partial charge in [-0.3, -0.25) is 9.69 Å². The molecule has 0 aliphatic carbocycles. The number of nitrogens with one attached hydrogen (secondary N) is 1. The van der Waals surface area contributed by atoms with E-state index in [-0.39, 0.29) is 51.6 Å². The van der Waals surface area contributed by atoms with Gasteiger partial charge in [-0.05, 0) is 0 Å². The summed E-state index contributed by atoms with van der Waals surface area (Å²) in [6.45, 7) is 0.298. The Bertz CT molecular complexity index is 518. The molecule has 2 heterocycles. The molecule has 2 N–H and O–H groups in total. The number of nitrogens with zero attached hydrogens (tertiary/aromatic N) is 2. The molecule has 22 heavy (non-hydrogen) atoms. The Kier molecular flexibility index (Phi) is 5.05. The molecule has 0 bridgehead atoms. The number of hydrogen-bond acceptors (Lipinski definition) is 5. The van der Waals surface area contributed by atoms with Crippen LogP contribution in [0.25, 0.3) is 0 Å². The van der Waals surface area contributed by atoms with E-state index < -0.39 is 28.0 Å². The molecule has 0 unspecified atom stereocenters. The van der Waals surface area contributed by atoms with Crippen LogP contribution < -0.4 is 4.72 Å². The SMILES string of the molecule is CS(=O)(=O)NCC(=O)N1C[C@@H](O)[C@H](N2CCC(F)(F)CC2)C1. The molecule has 2 rings (SSSR count). The molecule has 0 spiro atoms. The normalized spacial score (nSPS) is 29.7. The minimum absolute atomic E-state index is 0.0852. The van der Waals surface area contributed by atoms with E-state index in [0.29, 0.717) is 0 Å². The number of sulfonamides is 1. The molecule has 7 nitrogen and oxygen atoms in total. The zero-order chi connectivity index (χ0) is 16.5. The fraction of sp³-hybridized carbons (Fsp3) is 0.917. The van der Waals surface area contributed by atoms with Gasteiger partial charge < -0.3 is 10.0 Å². The predicted molar refractivity (Wildman–Crippen MR) is 75.0 cm³/mol. The molecule has 2 fully saturated rings. The van der Waals surface area contributed by atoms with Crippen LogP contribution in [0.15, 0.2) is 0 Å². The van der Waals surface area contributed by atoms with Crippen LogP contribution in [0, 0.1) is 0 Å². The van der Waals surface area contributed by atoms with Crippen molar-refractivity contribution < 1.29 is 27.1 Å². The van der Waals surface area contributed by atoms with Crippen molar-refractivity contribution >= 4 is 15.9 Å². The van der Waals surface area contributed by atoms with Crippen molar-refractivity contribution in [3.05, 3.63) is 0 Å². The second-order valence-corrected chi connectivity index (χ2v) is 7.75. The van der Waals surface area contributed by atoms with E-state index in [0.717, 1.165) is 6.26 Å². The summed E-state index contributed by atoms with van der Waals surface area (Å²) in [5.41, 5.74) is 0. The standard InChI is InChI=1S/C12H21F2N3O4S/c1-22(20,21)15-6-11(19)17-7-9(10(18)8-17)16-4-2-12(13,14)3-5-16/h9-10,15,18H,2-8H2,1H3/t9-,10-/m1/s1. The van der Waals surface area contributed by atoms with Crippen LogP contribution >= 0.6 is 0 Å². The predicted octanol–water partition coefficient (Wildman–Crippen LogP) is -1.16. The fourth-order valence-corrected chi connectivity index (χ4v) is 3.21. The van der Waals surface area contributed by atoms with Gasteiger partial charge in [-0.1, -0.05) is 0 Å². The summed E-state index contributed by atoms with van der Waals surface area (Å²) in [5.74, 6) is -3.09. The van der Waals surface area contributed by atoms with E-state index in [1.807, 2.05) is 0 Å². The number of carbonyl (C=O) groups is 1. The number of aliphatic hydroxyl groups excluding tert-OH is 1. The average molecular weight is 341 g/mol. The first-order chi connectivity index (χ1) is 10.1. The van der Waals surface area contributed by atoms with Gasteiger partial charge in [0, 0.05) is 39.0 Å². The molecule has 0 aromatic heterocycles. The molecule has 2 saturated heterocycles. The van der Waals surface area contributed by atoms with Crippen LogP contribution in [-0.2, 0) is 14.8 Å². The first kappa shape index (κ1) is 17.5. The largest absolute Gasteiger partial charge is 0.390 e. The van der Waals surface area contributed by atoms with Crippen molar-refractivity contribution in [2.24, 2.45) is 0 Å². The molecule has 1 amide bonds. The number of aliphatic hydroxyl groups is 1. The van der Waals surface area contributed by atoms with E-state index in [9.17, 15) is 27.1 Å². The number of alkyl halides is 2. The van der Waals surface area contributed by atoms with Crippen LogP contribution in [0.5, 0.6) is 0 Å². The monoisotopic (exact) mass is 341 g/mol. The smallest absolute Gasteiger partial charge is 0.250 e. The van der Waals surface area contributed by atoms with Gasteiger partial charge >= 0.3 is 0 Å². The molecule has 10 heteroatoms. The van der Waals surface area contributed by atoms with E-state index in [2.05, 4.69) is 4.72 Å². The molecule has 0 aromatic carbocycles. The average Bonchev–Trinajstić information content (AvgIpc) is 2.77. The van der Waals surface area contributed by atoms with E-state index in [1.54, 1.807) is 4.90 Å². The molecular weight excluding hydrogens is 320 g/mol. The van der Waals surface area contributed by atoms with Crippen LogP contribution in [0.3, 0.4) is 0 Å². The minimum Gasteiger partial charge on any atom is -0.390 e. The molecule has 0 radical (unpaired) electrons. The number of halogens is 2.